The molecule has 0 bridgehead atoms. The molecule has 0 unspecified atom stereocenters. The highest BCUT2D eigenvalue weighted by atomic mass is 14.3. The van der Waals surface area contributed by atoms with Gasteiger partial charge < -0.3 is 0 Å². The third-order valence-electron chi connectivity index (χ3n) is 4.64. The van der Waals surface area contributed by atoms with Crippen molar-refractivity contribution in [2.75, 3.05) is 0 Å². The summed E-state index contributed by atoms with van der Waals surface area (Å²) in [6, 6.07) is 0. The number of hydrogen-bond donors (Lipinski definition) is 0. The van der Waals surface area contributed by atoms with Crippen molar-refractivity contribution in [1.29, 1.82) is 0 Å². The van der Waals surface area contributed by atoms with E-state index in [1.165, 1.54) is 70.6 Å². The maximum Gasteiger partial charge on any atom is 0.0746 e. The van der Waals surface area contributed by atoms with Crippen LogP contribution >= 0.6 is 0 Å². The van der Waals surface area contributed by atoms with Gasteiger partial charge in [0.05, 0.1) is 7.85 Å². The van der Waals surface area contributed by atoms with Gasteiger partial charge in [0.15, 0.2) is 0 Å². The Morgan fingerprint density at radius 1 is 0.882 bits per heavy atom. The lowest BCUT2D eigenvalue weighted by Gasteiger charge is -2.38. The van der Waals surface area contributed by atoms with Gasteiger partial charge in [0, 0.05) is 0 Å². The van der Waals surface area contributed by atoms with Gasteiger partial charge in [-0.3, -0.25) is 0 Å². The molecule has 0 aliphatic heterocycles. The molecular formula is C16H31B. The van der Waals surface area contributed by atoms with Crippen LogP contribution in [0.3, 0.4) is 0 Å². The van der Waals surface area contributed by atoms with Crippen LogP contribution in [0, 0.1) is 5.41 Å². The van der Waals surface area contributed by atoms with E-state index in [1.807, 2.05) is 0 Å². The highest BCUT2D eigenvalue weighted by molar-refractivity contribution is 6.15. The Hall–Kier alpha value is 0.0649. The summed E-state index contributed by atoms with van der Waals surface area (Å²) < 4.78 is 0. The summed E-state index contributed by atoms with van der Waals surface area (Å²) >= 11 is 0. The molecule has 0 heterocycles. The zero-order valence-corrected chi connectivity index (χ0v) is 12.4. The maximum absolute atomic E-state index is 6.71. The molecule has 0 amide bonds. The summed E-state index contributed by atoms with van der Waals surface area (Å²) in [5.41, 5.74) is 0.416. The van der Waals surface area contributed by atoms with Crippen molar-refractivity contribution in [3.05, 3.63) is 0 Å². The van der Waals surface area contributed by atoms with Crippen molar-refractivity contribution in [3.63, 3.8) is 0 Å². The van der Waals surface area contributed by atoms with Gasteiger partial charge in [-0.1, -0.05) is 96.7 Å². The van der Waals surface area contributed by atoms with E-state index in [4.69, 9.17) is 7.85 Å². The molecule has 1 fully saturated rings. The molecule has 1 aliphatic carbocycles. The van der Waals surface area contributed by atoms with Crippen molar-refractivity contribution in [2.45, 2.75) is 96.7 Å². The average Bonchev–Trinajstić information content (AvgIpc) is 2.27. The van der Waals surface area contributed by atoms with Gasteiger partial charge in [0.1, 0.15) is 0 Å². The van der Waals surface area contributed by atoms with Crippen LogP contribution in [-0.4, -0.2) is 7.85 Å². The van der Waals surface area contributed by atoms with Crippen LogP contribution in [0.15, 0.2) is 0 Å². The van der Waals surface area contributed by atoms with E-state index < -0.39 is 0 Å². The van der Waals surface area contributed by atoms with Gasteiger partial charge >= 0.3 is 0 Å². The number of rotatable bonds is 3. The predicted octanol–water partition coefficient (Wildman–Crippen LogP) is 5.66. The zero-order chi connectivity index (χ0) is 12.8. The average molecular weight is 234 g/mol. The van der Waals surface area contributed by atoms with Gasteiger partial charge in [-0.15, -0.1) is 0 Å². The third-order valence-corrected chi connectivity index (χ3v) is 4.64. The zero-order valence-electron chi connectivity index (χ0n) is 12.4. The van der Waals surface area contributed by atoms with Crippen LogP contribution in [0.2, 0.25) is 5.31 Å². The molecule has 0 saturated heterocycles. The molecule has 2 radical (unpaired) electrons. The molecule has 0 aromatic heterocycles. The second-order valence-electron chi connectivity index (χ2n) is 7.03. The van der Waals surface area contributed by atoms with Crippen LogP contribution in [0.25, 0.3) is 0 Å². The summed E-state index contributed by atoms with van der Waals surface area (Å²) in [6.45, 7) is 7.05. The standard InChI is InChI=1S/C16H31B/c1-4-15(2,3)14-16(17)12-10-8-6-5-7-9-11-13-16/h4-14H2,1-3H3. The largest absolute Gasteiger partial charge is 0.0746 e. The summed E-state index contributed by atoms with van der Waals surface area (Å²) in [5, 5.41) is 0.122. The minimum atomic E-state index is 0.122. The topological polar surface area (TPSA) is 0 Å². The normalized spacial score (nSPS) is 23.2. The Morgan fingerprint density at radius 2 is 1.29 bits per heavy atom. The van der Waals surface area contributed by atoms with Crippen LogP contribution in [-0.2, 0) is 0 Å². The van der Waals surface area contributed by atoms with Crippen molar-refractivity contribution >= 4 is 7.85 Å². The van der Waals surface area contributed by atoms with E-state index in [0.717, 1.165) is 0 Å². The fraction of sp³-hybridized carbons (Fsp3) is 1.00. The molecule has 17 heavy (non-hydrogen) atoms. The van der Waals surface area contributed by atoms with E-state index in [1.54, 1.807) is 0 Å². The van der Waals surface area contributed by atoms with Crippen LogP contribution in [0.5, 0.6) is 0 Å². The fourth-order valence-electron chi connectivity index (χ4n) is 3.22. The van der Waals surface area contributed by atoms with Gasteiger partial charge in [0.2, 0.25) is 0 Å². The first-order valence-corrected chi connectivity index (χ1v) is 7.76. The Labute approximate surface area is 110 Å². The molecule has 0 nitrogen and oxygen atoms in total. The summed E-state index contributed by atoms with van der Waals surface area (Å²) in [4.78, 5) is 0. The molecule has 0 aromatic carbocycles. The first kappa shape index (κ1) is 15.1. The Bertz CT molecular complexity index is 198. The van der Waals surface area contributed by atoms with E-state index in [9.17, 15) is 0 Å². The van der Waals surface area contributed by atoms with Crippen molar-refractivity contribution in [2.24, 2.45) is 5.41 Å². The third kappa shape index (κ3) is 5.97. The SMILES string of the molecule is [B]C1(CC(C)(C)CC)CCCCCCCCC1. The first-order valence-electron chi connectivity index (χ1n) is 7.76. The van der Waals surface area contributed by atoms with Crippen LogP contribution in [0.1, 0.15) is 91.4 Å². The Kier molecular flexibility index (Phi) is 6.10. The highest BCUT2D eigenvalue weighted by Gasteiger charge is 2.30. The summed E-state index contributed by atoms with van der Waals surface area (Å²) in [7, 11) is 6.71. The predicted molar refractivity (Wildman–Crippen MR) is 78.7 cm³/mol. The summed E-state index contributed by atoms with van der Waals surface area (Å²) in [5.74, 6) is 0. The molecular weight excluding hydrogens is 203 g/mol. The second-order valence-corrected chi connectivity index (χ2v) is 7.03. The van der Waals surface area contributed by atoms with Crippen molar-refractivity contribution in [3.8, 4) is 0 Å². The first-order chi connectivity index (χ1) is 7.97. The van der Waals surface area contributed by atoms with Crippen molar-refractivity contribution in [1.82, 2.24) is 0 Å². The quantitative estimate of drug-likeness (QED) is 0.552. The highest BCUT2D eigenvalue weighted by Crippen LogP contribution is 2.47. The molecule has 1 rings (SSSR count). The lowest BCUT2D eigenvalue weighted by Crippen LogP contribution is -2.23. The lowest BCUT2D eigenvalue weighted by atomic mass is 9.56. The minimum absolute atomic E-state index is 0.122. The Balaban J connectivity index is 2.54. The van der Waals surface area contributed by atoms with Crippen LogP contribution in [0.4, 0.5) is 0 Å². The maximum atomic E-state index is 6.71. The molecule has 98 valence electrons. The fourth-order valence-corrected chi connectivity index (χ4v) is 3.22. The molecule has 0 atom stereocenters. The molecule has 0 spiro atoms. The molecule has 0 aromatic rings. The lowest BCUT2D eigenvalue weighted by molar-refractivity contribution is 0.241. The smallest absolute Gasteiger partial charge is 0.0656 e. The van der Waals surface area contributed by atoms with E-state index in [-0.39, 0.29) is 5.31 Å². The van der Waals surface area contributed by atoms with Gasteiger partial charge in [-0.2, -0.15) is 0 Å². The van der Waals surface area contributed by atoms with Crippen LogP contribution < -0.4 is 0 Å². The van der Waals surface area contributed by atoms with Gasteiger partial charge in [-0.05, 0) is 5.41 Å². The minimum Gasteiger partial charge on any atom is -0.0656 e. The summed E-state index contributed by atoms with van der Waals surface area (Å²) in [6.07, 6.45) is 14.7. The van der Waals surface area contributed by atoms with E-state index in [0.29, 0.717) is 5.41 Å². The van der Waals surface area contributed by atoms with E-state index >= 15 is 0 Å². The molecule has 1 heteroatoms. The monoisotopic (exact) mass is 234 g/mol. The van der Waals surface area contributed by atoms with Gasteiger partial charge in [-0.25, -0.2) is 0 Å². The second kappa shape index (κ2) is 6.85. The molecule has 0 N–H and O–H groups in total. The van der Waals surface area contributed by atoms with Gasteiger partial charge in [0.25, 0.3) is 0 Å². The van der Waals surface area contributed by atoms with E-state index in [2.05, 4.69) is 20.8 Å². The van der Waals surface area contributed by atoms with Crippen molar-refractivity contribution < 1.29 is 0 Å². The molecule has 1 saturated carbocycles. The Morgan fingerprint density at radius 3 is 1.71 bits per heavy atom. The number of hydrogen-bond acceptors (Lipinski definition) is 0. The molecule has 1 aliphatic rings.